The van der Waals surface area contributed by atoms with E-state index < -0.39 is 0 Å². The molecular weight excluding hydrogens is 342 g/mol. The van der Waals surface area contributed by atoms with Crippen LogP contribution in [0.15, 0.2) is 46.9 Å². The summed E-state index contributed by atoms with van der Waals surface area (Å²) in [5.41, 5.74) is 2.94. The zero-order valence-electron chi connectivity index (χ0n) is 13.0. The third-order valence-electron chi connectivity index (χ3n) is 3.65. The minimum atomic E-state index is -0.127. The van der Waals surface area contributed by atoms with E-state index in [9.17, 15) is 4.79 Å². The van der Waals surface area contributed by atoms with Gasteiger partial charge in [0.1, 0.15) is 5.75 Å². The number of ether oxygens (including phenoxy) is 1. The van der Waals surface area contributed by atoms with Crippen molar-refractivity contribution >= 4 is 21.8 Å². The molecule has 0 heterocycles. The maximum Gasteiger partial charge on any atom is 0.253 e. The van der Waals surface area contributed by atoms with Gasteiger partial charge in [-0.05, 0) is 58.6 Å². The fraction of sp³-hybridized carbons (Fsp3) is 0.278. The first kappa shape index (κ1) is 16.6. The van der Waals surface area contributed by atoms with Crippen LogP contribution >= 0.6 is 15.9 Å². The second-order valence-corrected chi connectivity index (χ2v) is 5.99. The topological polar surface area (TPSA) is 38.3 Å². The molecule has 22 heavy (non-hydrogen) atoms. The minimum absolute atomic E-state index is 0.0588. The lowest BCUT2D eigenvalue weighted by Crippen LogP contribution is -2.27. The average Bonchev–Trinajstić information content (AvgIpc) is 2.55. The fourth-order valence-electron chi connectivity index (χ4n) is 2.21. The van der Waals surface area contributed by atoms with Crippen LogP contribution in [0.25, 0.3) is 0 Å². The van der Waals surface area contributed by atoms with E-state index in [-0.39, 0.29) is 11.9 Å². The number of carbonyl (C=O) groups is 1. The van der Waals surface area contributed by atoms with E-state index >= 15 is 0 Å². The van der Waals surface area contributed by atoms with Crippen LogP contribution in [0.1, 0.15) is 41.4 Å². The molecule has 0 aliphatic heterocycles. The number of hydrogen-bond donors (Lipinski definition) is 1. The Labute approximate surface area is 139 Å². The number of carbonyl (C=O) groups excluding carboxylic acids is 1. The molecule has 1 amide bonds. The van der Waals surface area contributed by atoms with Crippen LogP contribution in [-0.2, 0) is 6.42 Å². The van der Waals surface area contributed by atoms with Crippen LogP contribution in [0.2, 0.25) is 0 Å². The van der Waals surface area contributed by atoms with Gasteiger partial charge in [0.15, 0.2) is 0 Å². The molecule has 4 heteroatoms. The highest BCUT2D eigenvalue weighted by Gasteiger charge is 2.15. The number of amides is 1. The molecule has 0 radical (unpaired) electrons. The molecule has 0 fully saturated rings. The maximum atomic E-state index is 12.4. The summed E-state index contributed by atoms with van der Waals surface area (Å²) in [7, 11) is 1.59. The van der Waals surface area contributed by atoms with Crippen LogP contribution in [0, 0.1) is 0 Å². The third kappa shape index (κ3) is 3.89. The van der Waals surface area contributed by atoms with Gasteiger partial charge >= 0.3 is 0 Å². The molecule has 0 spiro atoms. The maximum absolute atomic E-state index is 12.4. The van der Waals surface area contributed by atoms with E-state index in [1.807, 2.05) is 19.1 Å². The summed E-state index contributed by atoms with van der Waals surface area (Å²) in [5.74, 6) is 0.533. The van der Waals surface area contributed by atoms with Crippen molar-refractivity contribution in [1.29, 1.82) is 0 Å². The number of halogens is 1. The fourth-order valence-corrected chi connectivity index (χ4v) is 2.63. The molecule has 0 aliphatic carbocycles. The van der Waals surface area contributed by atoms with Gasteiger partial charge in [-0.3, -0.25) is 4.79 Å². The molecule has 116 valence electrons. The Morgan fingerprint density at radius 1 is 1.23 bits per heavy atom. The number of benzene rings is 2. The molecule has 1 atom stereocenters. The van der Waals surface area contributed by atoms with Gasteiger partial charge in [-0.1, -0.05) is 31.2 Å². The number of hydrogen-bond acceptors (Lipinski definition) is 2. The van der Waals surface area contributed by atoms with E-state index in [1.165, 1.54) is 5.56 Å². The van der Waals surface area contributed by atoms with Crippen molar-refractivity contribution in [2.24, 2.45) is 0 Å². The molecule has 0 bridgehead atoms. The second-order valence-electron chi connectivity index (χ2n) is 5.14. The van der Waals surface area contributed by atoms with Crippen LogP contribution in [-0.4, -0.2) is 13.0 Å². The minimum Gasteiger partial charge on any atom is -0.497 e. The van der Waals surface area contributed by atoms with E-state index in [0.717, 1.165) is 16.5 Å². The standard InChI is InChI=1S/C18H20BrNO2/c1-4-13-5-7-14(8-6-13)12(2)20-18(21)16-11-15(22-3)9-10-17(16)19/h5-12H,4H2,1-3H3,(H,20,21). The summed E-state index contributed by atoms with van der Waals surface area (Å²) in [6, 6.07) is 13.6. The van der Waals surface area contributed by atoms with Gasteiger partial charge in [0, 0.05) is 4.47 Å². The van der Waals surface area contributed by atoms with Crippen molar-refractivity contribution < 1.29 is 9.53 Å². The summed E-state index contributed by atoms with van der Waals surface area (Å²) in [4.78, 5) is 12.4. The van der Waals surface area contributed by atoms with Crippen LogP contribution in [0.4, 0.5) is 0 Å². The van der Waals surface area contributed by atoms with E-state index in [1.54, 1.807) is 13.2 Å². The van der Waals surface area contributed by atoms with Crippen molar-refractivity contribution in [2.45, 2.75) is 26.3 Å². The number of rotatable bonds is 5. The summed E-state index contributed by atoms with van der Waals surface area (Å²) >= 11 is 3.41. The molecule has 0 saturated heterocycles. The zero-order chi connectivity index (χ0) is 16.1. The van der Waals surface area contributed by atoms with Crippen molar-refractivity contribution in [1.82, 2.24) is 5.32 Å². The Morgan fingerprint density at radius 3 is 2.50 bits per heavy atom. The molecule has 0 aromatic heterocycles. The van der Waals surface area contributed by atoms with Crippen molar-refractivity contribution in [3.05, 3.63) is 63.6 Å². The van der Waals surface area contributed by atoms with Gasteiger partial charge in [-0.15, -0.1) is 0 Å². The Bertz CT molecular complexity index is 653. The lowest BCUT2D eigenvalue weighted by atomic mass is 10.0. The smallest absolute Gasteiger partial charge is 0.253 e. The van der Waals surface area contributed by atoms with Crippen LogP contribution < -0.4 is 10.1 Å². The molecular formula is C18H20BrNO2. The quantitative estimate of drug-likeness (QED) is 0.850. The van der Waals surface area contributed by atoms with Crippen molar-refractivity contribution in [3.8, 4) is 5.75 Å². The predicted octanol–water partition coefficient (Wildman–Crippen LogP) is 4.51. The highest BCUT2D eigenvalue weighted by molar-refractivity contribution is 9.10. The van der Waals surface area contributed by atoms with Gasteiger partial charge in [-0.25, -0.2) is 0 Å². The van der Waals surface area contributed by atoms with Crippen molar-refractivity contribution in [2.75, 3.05) is 7.11 Å². The third-order valence-corrected chi connectivity index (χ3v) is 4.35. The second kappa shape index (κ2) is 7.45. The Balaban J connectivity index is 2.13. The van der Waals surface area contributed by atoms with E-state index in [2.05, 4.69) is 52.4 Å². The highest BCUT2D eigenvalue weighted by atomic mass is 79.9. The van der Waals surface area contributed by atoms with Crippen LogP contribution in [0.5, 0.6) is 5.75 Å². The molecule has 2 rings (SSSR count). The first-order chi connectivity index (χ1) is 10.5. The number of methoxy groups -OCH3 is 1. The van der Waals surface area contributed by atoms with Gasteiger partial charge in [-0.2, -0.15) is 0 Å². The van der Waals surface area contributed by atoms with Gasteiger partial charge < -0.3 is 10.1 Å². The largest absolute Gasteiger partial charge is 0.497 e. The molecule has 2 aromatic rings. The van der Waals surface area contributed by atoms with Crippen LogP contribution in [0.3, 0.4) is 0 Å². The number of nitrogens with one attached hydrogen (secondary N) is 1. The molecule has 1 N–H and O–H groups in total. The normalized spacial score (nSPS) is 11.8. The Hall–Kier alpha value is -1.81. The van der Waals surface area contributed by atoms with Crippen molar-refractivity contribution in [3.63, 3.8) is 0 Å². The summed E-state index contributed by atoms with van der Waals surface area (Å²) < 4.78 is 5.92. The highest BCUT2D eigenvalue weighted by Crippen LogP contribution is 2.23. The van der Waals surface area contributed by atoms with Gasteiger partial charge in [0.05, 0.1) is 18.7 Å². The molecule has 0 saturated carbocycles. The Morgan fingerprint density at radius 2 is 1.91 bits per heavy atom. The number of aryl methyl sites for hydroxylation is 1. The molecule has 0 aliphatic rings. The molecule has 3 nitrogen and oxygen atoms in total. The summed E-state index contributed by atoms with van der Waals surface area (Å²) in [6.45, 7) is 4.10. The summed E-state index contributed by atoms with van der Waals surface area (Å²) in [6.07, 6.45) is 1.01. The monoisotopic (exact) mass is 361 g/mol. The zero-order valence-corrected chi connectivity index (χ0v) is 14.6. The predicted molar refractivity (Wildman–Crippen MR) is 92.4 cm³/mol. The lowest BCUT2D eigenvalue weighted by molar-refractivity contribution is 0.0938. The summed E-state index contributed by atoms with van der Waals surface area (Å²) in [5, 5.41) is 3.02. The van der Waals surface area contributed by atoms with Gasteiger partial charge in [0.25, 0.3) is 5.91 Å². The lowest BCUT2D eigenvalue weighted by Gasteiger charge is -2.16. The first-order valence-corrected chi connectivity index (χ1v) is 8.07. The van der Waals surface area contributed by atoms with Gasteiger partial charge in [0.2, 0.25) is 0 Å². The Kier molecular flexibility index (Phi) is 5.61. The average molecular weight is 362 g/mol. The first-order valence-electron chi connectivity index (χ1n) is 7.28. The van der Waals surface area contributed by atoms with E-state index in [0.29, 0.717) is 11.3 Å². The molecule has 2 aromatic carbocycles. The SMILES string of the molecule is CCc1ccc(C(C)NC(=O)c2cc(OC)ccc2Br)cc1. The van der Waals surface area contributed by atoms with E-state index in [4.69, 9.17) is 4.74 Å². The molecule has 1 unspecified atom stereocenters.